The van der Waals surface area contributed by atoms with Crippen LogP contribution in [0.4, 0.5) is 5.13 Å². The van der Waals surface area contributed by atoms with Crippen molar-refractivity contribution in [3.05, 3.63) is 53.1 Å². The van der Waals surface area contributed by atoms with Crippen LogP contribution < -0.4 is 9.64 Å². The fourth-order valence-electron chi connectivity index (χ4n) is 2.48. The zero-order valence-electron chi connectivity index (χ0n) is 14.6. The van der Waals surface area contributed by atoms with Crippen molar-refractivity contribution in [2.45, 2.75) is 6.92 Å². The van der Waals surface area contributed by atoms with E-state index in [0.717, 1.165) is 15.8 Å². The van der Waals surface area contributed by atoms with Gasteiger partial charge < -0.3 is 9.47 Å². The molecule has 5 nitrogen and oxygen atoms in total. The van der Waals surface area contributed by atoms with E-state index >= 15 is 0 Å². The number of aromatic nitrogens is 1. The number of aryl methyl sites for hydroxylation is 1. The summed E-state index contributed by atoms with van der Waals surface area (Å²) in [4.78, 5) is 18.9. The van der Waals surface area contributed by atoms with Crippen LogP contribution in [-0.4, -0.2) is 37.8 Å². The van der Waals surface area contributed by atoms with Crippen LogP contribution in [-0.2, 0) is 9.53 Å². The number of hydrogen-bond acceptors (Lipinski definition) is 5. The quantitative estimate of drug-likeness (QED) is 0.603. The molecule has 1 amide bonds. The van der Waals surface area contributed by atoms with E-state index in [1.165, 1.54) is 11.3 Å². The maximum Gasteiger partial charge on any atom is 0.266 e. The van der Waals surface area contributed by atoms with Crippen molar-refractivity contribution in [3.63, 3.8) is 0 Å². The molecule has 26 heavy (non-hydrogen) atoms. The zero-order valence-corrected chi connectivity index (χ0v) is 16.1. The Balaban J connectivity index is 1.76. The molecule has 136 valence electrons. The second-order valence-electron chi connectivity index (χ2n) is 5.70. The molecule has 0 spiro atoms. The van der Waals surface area contributed by atoms with Crippen molar-refractivity contribution >= 4 is 44.2 Å². The highest BCUT2D eigenvalue weighted by Crippen LogP contribution is 2.29. The minimum Gasteiger partial charge on any atom is -0.483 e. The van der Waals surface area contributed by atoms with Gasteiger partial charge in [-0.25, -0.2) is 4.98 Å². The SMILES string of the molecule is COCCN(C(=O)COc1ccc(Cl)cc1C)c1nc2ccccc2s1. The molecule has 1 aromatic heterocycles. The molecule has 0 aliphatic rings. The zero-order chi connectivity index (χ0) is 18.5. The van der Waals surface area contributed by atoms with E-state index in [4.69, 9.17) is 21.1 Å². The van der Waals surface area contributed by atoms with Gasteiger partial charge in [-0.3, -0.25) is 9.69 Å². The molecule has 0 N–H and O–H groups in total. The van der Waals surface area contributed by atoms with Crippen LogP contribution in [0.2, 0.25) is 5.02 Å². The lowest BCUT2D eigenvalue weighted by atomic mass is 10.2. The first-order chi connectivity index (χ1) is 12.6. The van der Waals surface area contributed by atoms with E-state index in [0.29, 0.717) is 29.1 Å². The number of ether oxygens (including phenoxy) is 2. The molecule has 0 fully saturated rings. The predicted octanol–water partition coefficient (Wildman–Crippen LogP) is 4.32. The first-order valence-corrected chi connectivity index (χ1v) is 9.32. The average Bonchev–Trinajstić information content (AvgIpc) is 3.05. The summed E-state index contributed by atoms with van der Waals surface area (Å²) in [6.07, 6.45) is 0. The Labute approximate surface area is 161 Å². The monoisotopic (exact) mass is 390 g/mol. The largest absolute Gasteiger partial charge is 0.483 e. The third kappa shape index (κ3) is 4.33. The number of carbonyl (C=O) groups excluding carboxylic acids is 1. The highest BCUT2D eigenvalue weighted by molar-refractivity contribution is 7.22. The molecule has 0 bridgehead atoms. The number of para-hydroxylation sites is 1. The number of hydrogen-bond donors (Lipinski definition) is 0. The second-order valence-corrected chi connectivity index (χ2v) is 7.15. The van der Waals surface area contributed by atoms with Gasteiger partial charge in [0.2, 0.25) is 0 Å². The summed E-state index contributed by atoms with van der Waals surface area (Å²) in [6.45, 7) is 2.64. The Kier molecular flexibility index (Phi) is 6.08. The van der Waals surface area contributed by atoms with E-state index < -0.39 is 0 Å². The van der Waals surface area contributed by atoms with Gasteiger partial charge in [0.05, 0.1) is 23.4 Å². The van der Waals surface area contributed by atoms with Crippen LogP contribution in [0.5, 0.6) is 5.75 Å². The second kappa shape index (κ2) is 8.49. The normalized spacial score (nSPS) is 10.9. The van der Waals surface area contributed by atoms with Crippen molar-refractivity contribution in [2.75, 3.05) is 31.8 Å². The van der Waals surface area contributed by atoms with Crippen LogP contribution in [0.3, 0.4) is 0 Å². The topological polar surface area (TPSA) is 51.7 Å². The lowest BCUT2D eigenvalue weighted by Gasteiger charge is -2.20. The lowest BCUT2D eigenvalue weighted by Crippen LogP contribution is -2.37. The summed E-state index contributed by atoms with van der Waals surface area (Å²) in [5.74, 6) is 0.467. The molecule has 0 unspecified atom stereocenters. The molecule has 0 saturated carbocycles. The third-order valence-corrected chi connectivity index (χ3v) is 5.12. The van der Waals surface area contributed by atoms with Gasteiger partial charge >= 0.3 is 0 Å². The van der Waals surface area contributed by atoms with E-state index in [9.17, 15) is 4.79 Å². The summed E-state index contributed by atoms with van der Waals surface area (Å²) in [5, 5.41) is 1.28. The minimum atomic E-state index is -0.171. The summed E-state index contributed by atoms with van der Waals surface area (Å²) in [7, 11) is 1.61. The van der Waals surface area contributed by atoms with E-state index in [2.05, 4.69) is 4.98 Å². The molecular weight excluding hydrogens is 372 g/mol. The molecular formula is C19H19ClN2O3S. The number of anilines is 1. The maximum atomic E-state index is 12.8. The standard InChI is InChI=1S/C19H19ClN2O3S/c1-13-11-14(20)7-8-16(13)25-12-18(23)22(9-10-24-2)19-21-15-5-3-4-6-17(15)26-19/h3-8,11H,9-10,12H2,1-2H3. The van der Waals surface area contributed by atoms with Gasteiger partial charge in [-0.2, -0.15) is 0 Å². The molecule has 0 atom stereocenters. The molecule has 3 rings (SSSR count). The molecule has 0 aliphatic heterocycles. The highest BCUT2D eigenvalue weighted by atomic mass is 35.5. The Hall–Kier alpha value is -2.15. The number of rotatable bonds is 7. The summed E-state index contributed by atoms with van der Waals surface area (Å²) in [6, 6.07) is 13.1. The smallest absolute Gasteiger partial charge is 0.266 e. The molecule has 0 saturated heterocycles. The number of benzene rings is 2. The molecule has 1 heterocycles. The van der Waals surface area contributed by atoms with Gasteiger partial charge in [0.25, 0.3) is 5.91 Å². The summed E-state index contributed by atoms with van der Waals surface area (Å²) >= 11 is 7.43. The van der Waals surface area contributed by atoms with Gasteiger partial charge in [-0.15, -0.1) is 0 Å². The van der Waals surface area contributed by atoms with E-state index in [1.807, 2.05) is 31.2 Å². The Morgan fingerprint density at radius 3 is 2.81 bits per heavy atom. The van der Waals surface area contributed by atoms with Crippen molar-refractivity contribution in [2.24, 2.45) is 0 Å². The Morgan fingerprint density at radius 1 is 1.27 bits per heavy atom. The van der Waals surface area contributed by atoms with Crippen molar-refractivity contribution in [3.8, 4) is 5.75 Å². The predicted molar refractivity (Wildman–Crippen MR) is 106 cm³/mol. The van der Waals surface area contributed by atoms with Crippen LogP contribution in [0.25, 0.3) is 10.2 Å². The fourth-order valence-corrected chi connectivity index (χ4v) is 3.71. The number of fused-ring (bicyclic) bond motifs is 1. The first kappa shape index (κ1) is 18.6. The molecule has 3 aromatic rings. The number of nitrogens with zero attached hydrogens (tertiary/aromatic N) is 2. The number of carbonyl (C=O) groups is 1. The van der Waals surface area contributed by atoms with Crippen molar-refractivity contribution in [1.29, 1.82) is 0 Å². The van der Waals surface area contributed by atoms with Crippen LogP contribution >= 0.6 is 22.9 Å². The highest BCUT2D eigenvalue weighted by Gasteiger charge is 2.20. The van der Waals surface area contributed by atoms with Gasteiger partial charge in [0.1, 0.15) is 5.75 Å². The summed E-state index contributed by atoms with van der Waals surface area (Å²) in [5.41, 5.74) is 1.76. The van der Waals surface area contributed by atoms with Gasteiger partial charge in [-0.05, 0) is 42.8 Å². The lowest BCUT2D eigenvalue weighted by molar-refractivity contribution is -0.120. The van der Waals surface area contributed by atoms with Gasteiger partial charge in [-0.1, -0.05) is 35.1 Å². The first-order valence-electron chi connectivity index (χ1n) is 8.12. The molecule has 7 heteroatoms. The third-order valence-electron chi connectivity index (χ3n) is 3.82. The number of thiazole rings is 1. The number of halogens is 1. The minimum absolute atomic E-state index is 0.0812. The summed E-state index contributed by atoms with van der Waals surface area (Å²) < 4.78 is 11.9. The van der Waals surface area contributed by atoms with Crippen molar-refractivity contribution in [1.82, 2.24) is 4.98 Å². The van der Waals surface area contributed by atoms with E-state index in [1.54, 1.807) is 30.2 Å². The Bertz CT molecular complexity index is 880. The molecule has 0 radical (unpaired) electrons. The van der Waals surface area contributed by atoms with Crippen LogP contribution in [0, 0.1) is 6.92 Å². The van der Waals surface area contributed by atoms with Crippen LogP contribution in [0.1, 0.15) is 5.56 Å². The number of methoxy groups -OCH3 is 1. The number of amides is 1. The molecule has 0 aliphatic carbocycles. The van der Waals surface area contributed by atoms with Crippen LogP contribution in [0.15, 0.2) is 42.5 Å². The van der Waals surface area contributed by atoms with Crippen molar-refractivity contribution < 1.29 is 14.3 Å². The average molecular weight is 391 g/mol. The molecule has 2 aromatic carbocycles. The van der Waals surface area contributed by atoms with Gasteiger partial charge in [0, 0.05) is 12.1 Å². The maximum absolute atomic E-state index is 12.8. The fraction of sp³-hybridized carbons (Fsp3) is 0.263. The van der Waals surface area contributed by atoms with E-state index in [-0.39, 0.29) is 12.5 Å². The van der Waals surface area contributed by atoms with Gasteiger partial charge in [0.15, 0.2) is 11.7 Å². The Morgan fingerprint density at radius 2 is 2.08 bits per heavy atom.